The number of nitrogens with one attached hydrogen (secondary N) is 1. The van der Waals surface area contributed by atoms with Crippen LogP contribution in [-0.2, 0) is 4.79 Å². The zero-order chi connectivity index (χ0) is 12.0. The first kappa shape index (κ1) is 13.5. The number of carbonyl (C=O) groups is 1. The first-order chi connectivity index (χ1) is 7.61. The van der Waals surface area contributed by atoms with Gasteiger partial charge in [-0.25, -0.2) is 0 Å². The van der Waals surface area contributed by atoms with E-state index in [0.717, 1.165) is 45.2 Å². The van der Waals surface area contributed by atoms with Crippen molar-refractivity contribution in [3.63, 3.8) is 0 Å². The number of carboxylic acid groups (broad SMARTS) is 1. The molecule has 0 bridgehead atoms. The van der Waals surface area contributed by atoms with Crippen LogP contribution in [-0.4, -0.2) is 49.2 Å². The summed E-state index contributed by atoms with van der Waals surface area (Å²) in [5.41, 5.74) is 0. The summed E-state index contributed by atoms with van der Waals surface area (Å²) in [5.74, 6) is -0.807. The van der Waals surface area contributed by atoms with Gasteiger partial charge in [-0.3, -0.25) is 4.79 Å². The second kappa shape index (κ2) is 6.86. The van der Waals surface area contributed by atoms with Crippen LogP contribution in [0.1, 0.15) is 32.1 Å². The molecule has 1 saturated carbocycles. The molecule has 4 heteroatoms. The largest absolute Gasteiger partial charge is 0.481 e. The fourth-order valence-electron chi connectivity index (χ4n) is 2.35. The fourth-order valence-corrected chi connectivity index (χ4v) is 2.35. The van der Waals surface area contributed by atoms with E-state index in [-0.39, 0.29) is 12.0 Å². The Kier molecular flexibility index (Phi) is 5.77. The molecule has 16 heavy (non-hydrogen) atoms. The van der Waals surface area contributed by atoms with Gasteiger partial charge in [0.1, 0.15) is 0 Å². The number of aliphatic carboxylic acids is 1. The van der Waals surface area contributed by atoms with Crippen LogP contribution in [0.25, 0.3) is 0 Å². The first-order valence-electron chi connectivity index (χ1n) is 6.22. The minimum Gasteiger partial charge on any atom is -0.481 e. The molecular weight excluding hydrogens is 204 g/mol. The maximum Gasteiger partial charge on any atom is 0.308 e. The van der Waals surface area contributed by atoms with Gasteiger partial charge in [-0.1, -0.05) is 12.8 Å². The van der Waals surface area contributed by atoms with Gasteiger partial charge in [0.25, 0.3) is 0 Å². The van der Waals surface area contributed by atoms with Gasteiger partial charge in [0, 0.05) is 6.04 Å². The van der Waals surface area contributed by atoms with E-state index in [0.29, 0.717) is 0 Å². The smallest absolute Gasteiger partial charge is 0.308 e. The fraction of sp³-hybridized carbons (Fsp3) is 0.917. The van der Waals surface area contributed by atoms with E-state index in [2.05, 4.69) is 24.3 Å². The molecule has 0 amide bonds. The molecule has 0 radical (unpaired) electrons. The predicted molar refractivity (Wildman–Crippen MR) is 64.6 cm³/mol. The Hall–Kier alpha value is -0.610. The molecule has 1 rings (SSSR count). The Balaban J connectivity index is 2.24. The molecule has 0 saturated heterocycles. The van der Waals surface area contributed by atoms with E-state index in [1.54, 1.807) is 0 Å². The summed E-state index contributed by atoms with van der Waals surface area (Å²) in [6.45, 7) is 1.98. The highest BCUT2D eigenvalue weighted by Crippen LogP contribution is 2.24. The second-order valence-corrected chi connectivity index (χ2v) is 4.95. The first-order valence-corrected chi connectivity index (χ1v) is 6.22. The molecular formula is C12H24N2O2. The standard InChI is InChI=1S/C12H24N2O2/c1-14(2)9-5-8-13-11-7-4-3-6-10(11)12(15)16/h10-11,13H,3-9H2,1-2H3,(H,15,16). The highest BCUT2D eigenvalue weighted by atomic mass is 16.4. The van der Waals surface area contributed by atoms with Crippen molar-refractivity contribution in [2.24, 2.45) is 5.92 Å². The summed E-state index contributed by atoms with van der Waals surface area (Å²) in [7, 11) is 4.11. The van der Waals surface area contributed by atoms with E-state index >= 15 is 0 Å². The summed E-state index contributed by atoms with van der Waals surface area (Å²) in [5, 5.41) is 12.5. The number of hydrogen-bond donors (Lipinski definition) is 2. The predicted octanol–water partition coefficient (Wildman–Crippen LogP) is 1.17. The highest BCUT2D eigenvalue weighted by molar-refractivity contribution is 5.71. The van der Waals surface area contributed by atoms with Crippen molar-refractivity contribution in [2.75, 3.05) is 27.2 Å². The summed E-state index contributed by atoms with van der Waals surface area (Å²) in [6.07, 6.45) is 5.15. The average Bonchev–Trinajstić information content (AvgIpc) is 2.24. The maximum atomic E-state index is 11.1. The Morgan fingerprint density at radius 2 is 2.06 bits per heavy atom. The molecule has 0 heterocycles. The molecule has 0 aromatic carbocycles. The van der Waals surface area contributed by atoms with E-state index in [1.165, 1.54) is 0 Å². The molecule has 4 nitrogen and oxygen atoms in total. The van der Waals surface area contributed by atoms with Crippen LogP contribution in [0.2, 0.25) is 0 Å². The molecule has 2 N–H and O–H groups in total. The quantitative estimate of drug-likeness (QED) is 0.670. The number of hydrogen-bond acceptors (Lipinski definition) is 3. The normalized spacial score (nSPS) is 25.9. The van der Waals surface area contributed by atoms with Crippen LogP contribution in [0.5, 0.6) is 0 Å². The van der Waals surface area contributed by atoms with Gasteiger partial charge in [0.15, 0.2) is 0 Å². The SMILES string of the molecule is CN(C)CCCNC1CCCCC1C(=O)O. The van der Waals surface area contributed by atoms with Gasteiger partial charge < -0.3 is 15.3 Å². The molecule has 1 fully saturated rings. The summed E-state index contributed by atoms with van der Waals surface area (Å²) in [4.78, 5) is 13.2. The molecule has 1 aliphatic carbocycles. The lowest BCUT2D eigenvalue weighted by Crippen LogP contribution is -2.43. The summed E-state index contributed by atoms with van der Waals surface area (Å²) in [6, 6.07) is 0.188. The van der Waals surface area contributed by atoms with E-state index < -0.39 is 5.97 Å². The lowest BCUT2D eigenvalue weighted by atomic mass is 9.84. The zero-order valence-corrected chi connectivity index (χ0v) is 10.4. The molecule has 0 spiro atoms. The Bertz CT molecular complexity index is 219. The molecule has 2 atom stereocenters. The summed E-state index contributed by atoms with van der Waals surface area (Å²) < 4.78 is 0. The van der Waals surface area contributed by atoms with Gasteiger partial charge in [-0.2, -0.15) is 0 Å². The van der Waals surface area contributed by atoms with Gasteiger partial charge in [0.05, 0.1) is 5.92 Å². The average molecular weight is 228 g/mol. The third kappa shape index (κ3) is 4.49. The minimum atomic E-state index is -0.634. The van der Waals surface area contributed by atoms with Crippen LogP contribution < -0.4 is 5.32 Å². The Labute approximate surface area is 98.0 Å². The summed E-state index contributed by atoms with van der Waals surface area (Å²) >= 11 is 0. The molecule has 1 aliphatic rings. The number of nitrogens with zero attached hydrogens (tertiary/aromatic N) is 1. The van der Waals surface area contributed by atoms with Gasteiger partial charge in [0.2, 0.25) is 0 Å². The van der Waals surface area contributed by atoms with Crippen molar-refractivity contribution in [1.82, 2.24) is 10.2 Å². The molecule has 2 unspecified atom stereocenters. The third-order valence-corrected chi connectivity index (χ3v) is 3.27. The zero-order valence-electron chi connectivity index (χ0n) is 10.4. The highest BCUT2D eigenvalue weighted by Gasteiger charge is 2.29. The van der Waals surface area contributed by atoms with Crippen molar-refractivity contribution in [1.29, 1.82) is 0 Å². The van der Waals surface area contributed by atoms with Crippen LogP contribution >= 0.6 is 0 Å². The Morgan fingerprint density at radius 1 is 1.38 bits per heavy atom. The van der Waals surface area contributed by atoms with Crippen LogP contribution in [0.4, 0.5) is 0 Å². The van der Waals surface area contributed by atoms with Gasteiger partial charge >= 0.3 is 5.97 Å². The lowest BCUT2D eigenvalue weighted by molar-refractivity contribution is -0.143. The van der Waals surface area contributed by atoms with Crippen molar-refractivity contribution in [2.45, 2.75) is 38.1 Å². The molecule has 0 aromatic heterocycles. The van der Waals surface area contributed by atoms with Crippen LogP contribution in [0.15, 0.2) is 0 Å². The van der Waals surface area contributed by atoms with E-state index in [4.69, 9.17) is 5.11 Å². The monoisotopic (exact) mass is 228 g/mol. The molecule has 94 valence electrons. The van der Waals surface area contributed by atoms with Crippen molar-refractivity contribution in [3.05, 3.63) is 0 Å². The number of rotatable bonds is 6. The third-order valence-electron chi connectivity index (χ3n) is 3.27. The van der Waals surface area contributed by atoms with Crippen LogP contribution in [0.3, 0.4) is 0 Å². The topological polar surface area (TPSA) is 52.6 Å². The molecule has 0 aromatic rings. The van der Waals surface area contributed by atoms with Gasteiger partial charge in [-0.05, 0) is 46.4 Å². The maximum absolute atomic E-state index is 11.1. The lowest BCUT2D eigenvalue weighted by Gasteiger charge is -2.29. The van der Waals surface area contributed by atoms with Crippen LogP contribution in [0, 0.1) is 5.92 Å². The Morgan fingerprint density at radius 3 is 2.69 bits per heavy atom. The minimum absolute atomic E-state index is 0.173. The second-order valence-electron chi connectivity index (χ2n) is 4.95. The van der Waals surface area contributed by atoms with Crippen molar-refractivity contribution < 1.29 is 9.90 Å². The van der Waals surface area contributed by atoms with E-state index in [9.17, 15) is 4.79 Å². The van der Waals surface area contributed by atoms with Crippen molar-refractivity contribution >= 4 is 5.97 Å². The van der Waals surface area contributed by atoms with Crippen molar-refractivity contribution in [3.8, 4) is 0 Å². The van der Waals surface area contributed by atoms with Gasteiger partial charge in [-0.15, -0.1) is 0 Å². The number of carboxylic acids is 1. The molecule has 0 aliphatic heterocycles. The van der Waals surface area contributed by atoms with E-state index in [1.807, 2.05) is 0 Å².